The SMILES string of the molecule is CC(C)C(N)c1cccc2[nH]ccc12. The Morgan fingerprint density at radius 2 is 2.00 bits per heavy atom. The Balaban J connectivity index is 2.56. The lowest BCUT2D eigenvalue weighted by molar-refractivity contribution is 0.517. The molecule has 1 heterocycles. The number of nitrogens with one attached hydrogen (secondary N) is 1. The van der Waals surface area contributed by atoms with E-state index in [9.17, 15) is 0 Å². The molecular formula is C12H16N2. The smallest absolute Gasteiger partial charge is 0.0457 e. The molecule has 1 atom stereocenters. The number of aromatic nitrogens is 1. The minimum atomic E-state index is 0.120. The van der Waals surface area contributed by atoms with Crippen molar-refractivity contribution in [3.05, 3.63) is 36.0 Å². The molecule has 3 N–H and O–H groups in total. The molecule has 0 saturated carbocycles. The highest BCUT2D eigenvalue weighted by atomic mass is 14.7. The Bertz CT molecular complexity index is 429. The maximum atomic E-state index is 6.15. The second kappa shape index (κ2) is 3.46. The van der Waals surface area contributed by atoms with Crippen LogP contribution in [0.1, 0.15) is 25.5 Å². The average Bonchev–Trinajstić information content (AvgIpc) is 2.63. The van der Waals surface area contributed by atoms with Gasteiger partial charge in [-0.25, -0.2) is 0 Å². The summed E-state index contributed by atoms with van der Waals surface area (Å²) in [6, 6.07) is 8.45. The van der Waals surface area contributed by atoms with Crippen LogP contribution in [0.3, 0.4) is 0 Å². The van der Waals surface area contributed by atoms with E-state index in [2.05, 4.69) is 43.1 Å². The predicted octanol–water partition coefficient (Wildman–Crippen LogP) is 2.82. The highest BCUT2D eigenvalue weighted by Crippen LogP contribution is 2.26. The van der Waals surface area contributed by atoms with E-state index >= 15 is 0 Å². The number of fused-ring (bicyclic) bond motifs is 1. The summed E-state index contributed by atoms with van der Waals surface area (Å²) in [5.74, 6) is 0.468. The van der Waals surface area contributed by atoms with Crippen molar-refractivity contribution in [2.75, 3.05) is 0 Å². The number of benzene rings is 1. The third-order valence-electron chi connectivity index (χ3n) is 2.71. The van der Waals surface area contributed by atoms with Gasteiger partial charge >= 0.3 is 0 Å². The average molecular weight is 188 g/mol. The van der Waals surface area contributed by atoms with Gasteiger partial charge in [0.1, 0.15) is 0 Å². The number of hydrogen-bond acceptors (Lipinski definition) is 1. The zero-order valence-electron chi connectivity index (χ0n) is 8.62. The van der Waals surface area contributed by atoms with Gasteiger partial charge in [0.2, 0.25) is 0 Å². The number of hydrogen-bond donors (Lipinski definition) is 2. The molecule has 0 amide bonds. The summed E-state index contributed by atoms with van der Waals surface area (Å²) < 4.78 is 0. The first-order chi connectivity index (χ1) is 6.70. The molecule has 0 aliphatic heterocycles. The molecule has 0 bridgehead atoms. The summed E-state index contributed by atoms with van der Waals surface area (Å²) >= 11 is 0. The summed E-state index contributed by atoms with van der Waals surface area (Å²) in [5.41, 5.74) is 8.55. The van der Waals surface area contributed by atoms with E-state index in [-0.39, 0.29) is 6.04 Å². The van der Waals surface area contributed by atoms with Gasteiger partial charge in [-0.05, 0) is 23.6 Å². The number of H-pyrrole nitrogens is 1. The van der Waals surface area contributed by atoms with E-state index in [0.29, 0.717) is 5.92 Å². The molecule has 0 radical (unpaired) electrons. The summed E-state index contributed by atoms with van der Waals surface area (Å²) in [6.45, 7) is 4.30. The van der Waals surface area contributed by atoms with Crippen LogP contribution in [0.4, 0.5) is 0 Å². The maximum Gasteiger partial charge on any atom is 0.0457 e. The van der Waals surface area contributed by atoms with Crippen LogP contribution in [0.25, 0.3) is 10.9 Å². The van der Waals surface area contributed by atoms with Crippen molar-refractivity contribution in [2.45, 2.75) is 19.9 Å². The molecule has 14 heavy (non-hydrogen) atoms. The van der Waals surface area contributed by atoms with Gasteiger partial charge in [-0.2, -0.15) is 0 Å². The fourth-order valence-electron chi connectivity index (χ4n) is 1.76. The molecule has 74 valence electrons. The summed E-state index contributed by atoms with van der Waals surface area (Å²) in [7, 11) is 0. The van der Waals surface area contributed by atoms with Gasteiger partial charge in [-0.3, -0.25) is 0 Å². The van der Waals surface area contributed by atoms with E-state index < -0.39 is 0 Å². The predicted molar refractivity (Wildman–Crippen MR) is 60.1 cm³/mol. The molecule has 2 aromatic rings. The molecule has 2 rings (SSSR count). The Morgan fingerprint density at radius 3 is 2.71 bits per heavy atom. The van der Waals surface area contributed by atoms with Gasteiger partial charge in [0.05, 0.1) is 0 Å². The largest absolute Gasteiger partial charge is 0.361 e. The fourth-order valence-corrected chi connectivity index (χ4v) is 1.76. The minimum Gasteiger partial charge on any atom is -0.361 e. The lowest BCUT2D eigenvalue weighted by Gasteiger charge is -2.16. The fraction of sp³-hybridized carbons (Fsp3) is 0.333. The molecule has 1 aromatic carbocycles. The molecule has 1 aromatic heterocycles. The maximum absolute atomic E-state index is 6.15. The molecule has 0 spiro atoms. The second-order valence-electron chi connectivity index (χ2n) is 4.06. The lowest BCUT2D eigenvalue weighted by atomic mass is 9.94. The quantitative estimate of drug-likeness (QED) is 0.747. The highest BCUT2D eigenvalue weighted by molar-refractivity contribution is 5.83. The van der Waals surface area contributed by atoms with Gasteiger partial charge in [0.25, 0.3) is 0 Å². The van der Waals surface area contributed by atoms with Gasteiger partial charge in [-0.15, -0.1) is 0 Å². The Hall–Kier alpha value is -1.28. The van der Waals surface area contributed by atoms with Crippen LogP contribution in [0.15, 0.2) is 30.5 Å². The molecule has 2 heteroatoms. The summed E-state index contributed by atoms with van der Waals surface area (Å²) in [6.07, 6.45) is 1.96. The standard InChI is InChI=1S/C12H16N2/c1-8(2)12(13)10-4-3-5-11-9(10)6-7-14-11/h3-8,12,14H,13H2,1-2H3. The first-order valence-corrected chi connectivity index (χ1v) is 5.01. The highest BCUT2D eigenvalue weighted by Gasteiger charge is 2.13. The van der Waals surface area contributed by atoms with E-state index in [1.54, 1.807) is 0 Å². The van der Waals surface area contributed by atoms with E-state index in [0.717, 1.165) is 0 Å². The molecular weight excluding hydrogens is 172 g/mol. The molecule has 1 unspecified atom stereocenters. The minimum absolute atomic E-state index is 0.120. The molecule has 0 aliphatic carbocycles. The molecule has 0 aliphatic rings. The molecule has 2 nitrogen and oxygen atoms in total. The number of rotatable bonds is 2. The first kappa shape index (κ1) is 9.28. The monoisotopic (exact) mass is 188 g/mol. The lowest BCUT2D eigenvalue weighted by Crippen LogP contribution is -2.16. The van der Waals surface area contributed by atoms with Crippen LogP contribution >= 0.6 is 0 Å². The summed E-state index contributed by atoms with van der Waals surface area (Å²) in [5, 5.41) is 1.24. The Morgan fingerprint density at radius 1 is 1.21 bits per heavy atom. The Labute approximate surface area is 84.1 Å². The zero-order chi connectivity index (χ0) is 10.1. The van der Waals surface area contributed by atoms with Crippen molar-refractivity contribution in [3.8, 4) is 0 Å². The van der Waals surface area contributed by atoms with Crippen LogP contribution < -0.4 is 5.73 Å². The van der Waals surface area contributed by atoms with Gasteiger partial charge in [-0.1, -0.05) is 26.0 Å². The van der Waals surface area contributed by atoms with Crippen molar-refractivity contribution in [1.82, 2.24) is 4.98 Å². The van der Waals surface area contributed by atoms with Crippen LogP contribution in [-0.4, -0.2) is 4.98 Å². The second-order valence-corrected chi connectivity index (χ2v) is 4.06. The topological polar surface area (TPSA) is 41.8 Å². The van der Waals surface area contributed by atoms with Crippen LogP contribution in [0.5, 0.6) is 0 Å². The van der Waals surface area contributed by atoms with Gasteiger partial charge < -0.3 is 10.7 Å². The van der Waals surface area contributed by atoms with Crippen LogP contribution in [0.2, 0.25) is 0 Å². The van der Waals surface area contributed by atoms with Crippen LogP contribution in [0, 0.1) is 5.92 Å². The Kier molecular flexibility index (Phi) is 2.30. The van der Waals surface area contributed by atoms with E-state index in [4.69, 9.17) is 5.73 Å². The van der Waals surface area contributed by atoms with Crippen molar-refractivity contribution >= 4 is 10.9 Å². The third kappa shape index (κ3) is 1.42. The zero-order valence-corrected chi connectivity index (χ0v) is 8.62. The third-order valence-corrected chi connectivity index (χ3v) is 2.71. The van der Waals surface area contributed by atoms with Crippen molar-refractivity contribution in [1.29, 1.82) is 0 Å². The van der Waals surface area contributed by atoms with E-state index in [1.807, 2.05) is 6.20 Å². The van der Waals surface area contributed by atoms with Crippen molar-refractivity contribution in [2.24, 2.45) is 11.7 Å². The van der Waals surface area contributed by atoms with E-state index in [1.165, 1.54) is 16.5 Å². The van der Waals surface area contributed by atoms with Crippen LogP contribution in [-0.2, 0) is 0 Å². The van der Waals surface area contributed by atoms with Crippen molar-refractivity contribution < 1.29 is 0 Å². The summed E-state index contributed by atoms with van der Waals surface area (Å²) in [4.78, 5) is 3.20. The number of nitrogens with two attached hydrogens (primary N) is 1. The molecule has 0 fully saturated rings. The normalized spacial score (nSPS) is 13.7. The number of aromatic amines is 1. The van der Waals surface area contributed by atoms with Crippen molar-refractivity contribution in [3.63, 3.8) is 0 Å². The molecule has 0 saturated heterocycles. The first-order valence-electron chi connectivity index (χ1n) is 5.01. The van der Waals surface area contributed by atoms with Gasteiger partial charge in [0.15, 0.2) is 0 Å². The van der Waals surface area contributed by atoms with Gasteiger partial charge in [0, 0.05) is 23.1 Å².